The van der Waals surface area contributed by atoms with Crippen molar-refractivity contribution in [3.05, 3.63) is 0 Å². The summed E-state index contributed by atoms with van der Waals surface area (Å²) in [5, 5.41) is 12.6. The van der Waals surface area contributed by atoms with E-state index in [2.05, 4.69) is 5.32 Å². The smallest absolute Gasteiger partial charge is 0.226 e. The summed E-state index contributed by atoms with van der Waals surface area (Å²) in [5.41, 5.74) is -1.06. The molecule has 1 saturated heterocycles. The molecule has 1 aliphatic heterocycles. The van der Waals surface area contributed by atoms with E-state index < -0.39 is 5.60 Å². The maximum absolute atomic E-state index is 12.4. The number of rotatable bonds is 4. The molecular weight excluding hydrogens is 218 g/mol. The van der Waals surface area contributed by atoms with E-state index in [4.69, 9.17) is 4.74 Å². The summed E-state index contributed by atoms with van der Waals surface area (Å²) in [7, 11) is 0. The van der Waals surface area contributed by atoms with Crippen molar-refractivity contribution in [1.29, 1.82) is 0 Å². The number of amides is 1. The average molecular weight is 241 g/mol. The van der Waals surface area contributed by atoms with Gasteiger partial charge in [0, 0.05) is 19.8 Å². The first kappa shape index (κ1) is 12.8. The van der Waals surface area contributed by atoms with E-state index in [1.165, 1.54) is 0 Å². The molecule has 0 bridgehead atoms. The highest BCUT2D eigenvalue weighted by atomic mass is 16.5. The van der Waals surface area contributed by atoms with Crippen LogP contribution in [-0.4, -0.2) is 36.4 Å². The Morgan fingerprint density at radius 2 is 2.00 bits per heavy atom. The first-order valence-electron chi connectivity index (χ1n) is 6.52. The first-order chi connectivity index (χ1) is 7.94. The number of hydrogen-bond acceptors (Lipinski definition) is 3. The summed E-state index contributed by atoms with van der Waals surface area (Å²) in [6, 6.07) is 0. The fourth-order valence-corrected chi connectivity index (χ4v) is 2.66. The molecule has 0 unspecified atom stereocenters. The van der Waals surface area contributed by atoms with Gasteiger partial charge in [-0.3, -0.25) is 4.79 Å². The maximum Gasteiger partial charge on any atom is 0.226 e. The lowest BCUT2D eigenvalue weighted by Gasteiger charge is -2.36. The minimum atomic E-state index is -0.842. The standard InChI is InChI=1S/C13H23NO3/c1-12(2,16)9-14-11(15)13(10-3-4-10)5-7-17-8-6-13/h10,16H,3-9H2,1-2H3,(H,14,15). The van der Waals surface area contributed by atoms with E-state index in [9.17, 15) is 9.90 Å². The van der Waals surface area contributed by atoms with Crippen LogP contribution in [0, 0.1) is 11.3 Å². The van der Waals surface area contributed by atoms with Crippen molar-refractivity contribution >= 4 is 5.91 Å². The third-order valence-corrected chi connectivity index (χ3v) is 3.88. The van der Waals surface area contributed by atoms with Crippen molar-refractivity contribution < 1.29 is 14.6 Å². The summed E-state index contributed by atoms with van der Waals surface area (Å²) >= 11 is 0. The number of aliphatic hydroxyl groups is 1. The van der Waals surface area contributed by atoms with Crippen LogP contribution in [0.4, 0.5) is 0 Å². The number of carbonyl (C=O) groups is 1. The molecule has 4 heteroatoms. The Morgan fingerprint density at radius 3 is 2.47 bits per heavy atom. The Morgan fingerprint density at radius 1 is 1.41 bits per heavy atom. The first-order valence-corrected chi connectivity index (χ1v) is 6.52. The van der Waals surface area contributed by atoms with Crippen LogP contribution < -0.4 is 5.32 Å². The van der Waals surface area contributed by atoms with E-state index >= 15 is 0 Å². The quantitative estimate of drug-likeness (QED) is 0.774. The highest BCUT2D eigenvalue weighted by molar-refractivity contribution is 5.83. The molecule has 0 aromatic heterocycles. The monoisotopic (exact) mass is 241 g/mol. The van der Waals surface area contributed by atoms with Crippen LogP contribution in [0.25, 0.3) is 0 Å². The van der Waals surface area contributed by atoms with Gasteiger partial charge in [-0.1, -0.05) is 0 Å². The molecule has 0 spiro atoms. The maximum atomic E-state index is 12.4. The molecule has 0 atom stereocenters. The summed E-state index contributed by atoms with van der Waals surface area (Å²) in [6.07, 6.45) is 3.98. The van der Waals surface area contributed by atoms with E-state index in [1.807, 2.05) is 0 Å². The normalized spacial score (nSPS) is 24.4. The number of ether oxygens (including phenoxy) is 1. The second-order valence-electron chi connectivity index (χ2n) is 6.04. The second-order valence-corrected chi connectivity index (χ2v) is 6.04. The van der Waals surface area contributed by atoms with E-state index in [1.54, 1.807) is 13.8 Å². The number of hydrogen-bond donors (Lipinski definition) is 2. The van der Waals surface area contributed by atoms with Crippen molar-refractivity contribution in [1.82, 2.24) is 5.32 Å². The van der Waals surface area contributed by atoms with Gasteiger partial charge in [0.2, 0.25) is 5.91 Å². The molecule has 2 rings (SSSR count). The topological polar surface area (TPSA) is 58.6 Å². The SMILES string of the molecule is CC(C)(O)CNC(=O)C1(C2CC2)CCOCC1. The molecule has 2 aliphatic rings. The van der Waals surface area contributed by atoms with E-state index in [0.29, 0.717) is 25.7 Å². The van der Waals surface area contributed by atoms with Gasteiger partial charge in [0.15, 0.2) is 0 Å². The molecule has 0 aromatic rings. The summed E-state index contributed by atoms with van der Waals surface area (Å²) < 4.78 is 5.37. The number of carbonyl (C=O) groups excluding carboxylic acids is 1. The van der Waals surface area contributed by atoms with Crippen molar-refractivity contribution in [3.8, 4) is 0 Å². The predicted molar refractivity (Wildman–Crippen MR) is 64.5 cm³/mol. The lowest BCUT2D eigenvalue weighted by molar-refractivity contribution is -0.139. The van der Waals surface area contributed by atoms with Crippen molar-refractivity contribution in [3.63, 3.8) is 0 Å². The van der Waals surface area contributed by atoms with Crippen LogP contribution >= 0.6 is 0 Å². The van der Waals surface area contributed by atoms with Gasteiger partial charge in [-0.15, -0.1) is 0 Å². The lowest BCUT2D eigenvalue weighted by Crippen LogP contribution is -2.49. The Kier molecular flexibility index (Phi) is 3.46. The van der Waals surface area contributed by atoms with Crippen LogP contribution in [0.1, 0.15) is 39.5 Å². The van der Waals surface area contributed by atoms with Crippen LogP contribution in [0.3, 0.4) is 0 Å². The minimum Gasteiger partial charge on any atom is -0.389 e. The molecule has 1 heterocycles. The van der Waals surface area contributed by atoms with Gasteiger partial charge >= 0.3 is 0 Å². The zero-order valence-electron chi connectivity index (χ0n) is 10.8. The molecule has 17 heavy (non-hydrogen) atoms. The molecule has 98 valence electrons. The van der Waals surface area contributed by atoms with Gasteiger partial charge in [-0.2, -0.15) is 0 Å². The Labute approximate surface area is 103 Å². The highest BCUT2D eigenvalue weighted by Gasteiger charge is 2.51. The second kappa shape index (κ2) is 4.58. The van der Waals surface area contributed by atoms with Crippen LogP contribution in [0.15, 0.2) is 0 Å². The Balaban J connectivity index is 1.98. The summed E-state index contributed by atoms with van der Waals surface area (Å²) in [6.45, 7) is 5.11. The minimum absolute atomic E-state index is 0.116. The fourth-order valence-electron chi connectivity index (χ4n) is 2.66. The van der Waals surface area contributed by atoms with Crippen LogP contribution in [-0.2, 0) is 9.53 Å². The average Bonchev–Trinajstić information content (AvgIpc) is 3.10. The van der Waals surface area contributed by atoms with Gasteiger partial charge in [0.1, 0.15) is 0 Å². The van der Waals surface area contributed by atoms with Gasteiger partial charge in [0.05, 0.1) is 11.0 Å². The third kappa shape index (κ3) is 2.99. The van der Waals surface area contributed by atoms with Crippen molar-refractivity contribution in [2.24, 2.45) is 11.3 Å². The molecule has 0 aromatic carbocycles. The zero-order valence-corrected chi connectivity index (χ0v) is 10.8. The molecular formula is C13H23NO3. The molecule has 2 N–H and O–H groups in total. The number of nitrogens with one attached hydrogen (secondary N) is 1. The van der Waals surface area contributed by atoms with Gasteiger partial charge in [0.25, 0.3) is 0 Å². The van der Waals surface area contributed by atoms with Gasteiger partial charge in [-0.05, 0) is 45.4 Å². The highest BCUT2D eigenvalue weighted by Crippen LogP contribution is 2.51. The zero-order chi connectivity index (χ0) is 12.5. The molecule has 2 fully saturated rings. The predicted octanol–water partition coefficient (Wildman–Crippen LogP) is 1.08. The third-order valence-electron chi connectivity index (χ3n) is 3.88. The lowest BCUT2D eigenvalue weighted by atomic mass is 9.74. The van der Waals surface area contributed by atoms with Gasteiger partial charge in [-0.25, -0.2) is 0 Å². The Bertz CT molecular complexity index is 286. The van der Waals surface area contributed by atoms with Crippen LogP contribution in [0.2, 0.25) is 0 Å². The van der Waals surface area contributed by atoms with E-state index in [0.717, 1.165) is 25.7 Å². The van der Waals surface area contributed by atoms with Crippen LogP contribution in [0.5, 0.6) is 0 Å². The largest absolute Gasteiger partial charge is 0.389 e. The van der Waals surface area contributed by atoms with Crippen molar-refractivity contribution in [2.45, 2.75) is 45.1 Å². The molecule has 4 nitrogen and oxygen atoms in total. The molecule has 1 amide bonds. The summed E-state index contributed by atoms with van der Waals surface area (Å²) in [5.74, 6) is 0.652. The van der Waals surface area contributed by atoms with E-state index in [-0.39, 0.29) is 11.3 Å². The molecule has 0 radical (unpaired) electrons. The van der Waals surface area contributed by atoms with Crippen molar-refractivity contribution in [2.75, 3.05) is 19.8 Å². The molecule has 1 aliphatic carbocycles. The Hall–Kier alpha value is -0.610. The summed E-state index contributed by atoms with van der Waals surface area (Å²) in [4.78, 5) is 12.4. The van der Waals surface area contributed by atoms with Gasteiger partial charge < -0.3 is 15.2 Å². The molecule has 1 saturated carbocycles. The fraction of sp³-hybridized carbons (Fsp3) is 0.923.